The van der Waals surface area contributed by atoms with E-state index in [1.165, 1.54) is 21.7 Å². The standard InChI is InChI=1S/C16H19Br2NS/c1-12-4-3-5-14(8-12)16(9-17,10-18)7-6-15-13(2)19-11-20-15/h3-5,8,11H,6-7,9-10H2,1-2H3. The number of benzene rings is 1. The summed E-state index contributed by atoms with van der Waals surface area (Å²) in [7, 11) is 0. The molecule has 4 heteroatoms. The fourth-order valence-electron chi connectivity index (χ4n) is 2.36. The molecular formula is C16H19Br2NS. The highest BCUT2D eigenvalue weighted by molar-refractivity contribution is 9.09. The van der Waals surface area contributed by atoms with Crippen molar-refractivity contribution in [1.82, 2.24) is 4.98 Å². The van der Waals surface area contributed by atoms with E-state index >= 15 is 0 Å². The van der Waals surface area contributed by atoms with Crippen LogP contribution >= 0.6 is 43.2 Å². The predicted molar refractivity (Wildman–Crippen MR) is 95.6 cm³/mol. The van der Waals surface area contributed by atoms with E-state index in [-0.39, 0.29) is 5.41 Å². The molecule has 0 aliphatic rings. The van der Waals surface area contributed by atoms with Gasteiger partial charge in [-0.05, 0) is 32.3 Å². The minimum Gasteiger partial charge on any atom is -0.250 e. The summed E-state index contributed by atoms with van der Waals surface area (Å²) in [6, 6.07) is 8.86. The van der Waals surface area contributed by atoms with E-state index in [4.69, 9.17) is 0 Å². The number of nitrogens with zero attached hydrogens (tertiary/aromatic N) is 1. The van der Waals surface area contributed by atoms with E-state index < -0.39 is 0 Å². The van der Waals surface area contributed by atoms with E-state index in [0.717, 1.165) is 23.5 Å². The quantitative estimate of drug-likeness (QED) is 0.572. The summed E-state index contributed by atoms with van der Waals surface area (Å²) in [5, 5.41) is 1.93. The van der Waals surface area contributed by atoms with Crippen LogP contribution in [0.15, 0.2) is 29.8 Å². The van der Waals surface area contributed by atoms with Gasteiger partial charge in [0.25, 0.3) is 0 Å². The van der Waals surface area contributed by atoms with Crippen LogP contribution in [0, 0.1) is 13.8 Å². The Balaban J connectivity index is 2.23. The van der Waals surface area contributed by atoms with Crippen molar-refractivity contribution >= 4 is 43.2 Å². The third-order valence-electron chi connectivity index (χ3n) is 3.82. The largest absolute Gasteiger partial charge is 0.250 e. The summed E-state index contributed by atoms with van der Waals surface area (Å²) >= 11 is 9.24. The van der Waals surface area contributed by atoms with E-state index in [2.05, 4.69) is 75.0 Å². The van der Waals surface area contributed by atoms with Gasteiger partial charge in [-0.15, -0.1) is 11.3 Å². The van der Waals surface area contributed by atoms with Gasteiger partial charge < -0.3 is 0 Å². The zero-order valence-corrected chi connectivity index (χ0v) is 15.8. The summed E-state index contributed by atoms with van der Waals surface area (Å²) in [4.78, 5) is 5.76. The smallest absolute Gasteiger partial charge is 0.0797 e. The van der Waals surface area contributed by atoms with E-state index in [1.54, 1.807) is 11.3 Å². The molecule has 0 bridgehead atoms. The number of aryl methyl sites for hydroxylation is 3. The van der Waals surface area contributed by atoms with Gasteiger partial charge in [0, 0.05) is 21.0 Å². The summed E-state index contributed by atoms with van der Waals surface area (Å²) in [6.07, 6.45) is 2.21. The maximum Gasteiger partial charge on any atom is 0.0797 e. The third-order valence-corrected chi connectivity index (χ3v) is 6.96. The van der Waals surface area contributed by atoms with Gasteiger partial charge in [-0.3, -0.25) is 0 Å². The zero-order valence-electron chi connectivity index (χ0n) is 11.8. The van der Waals surface area contributed by atoms with Crippen LogP contribution in [0.5, 0.6) is 0 Å². The van der Waals surface area contributed by atoms with Crippen LogP contribution in [0.2, 0.25) is 0 Å². The van der Waals surface area contributed by atoms with Crippen molar-refractivity contribution in [3.63, 3.8) is 0 Å². The van der Waals surface area contributed by atoms with Crippen LogP contribution in [-0.4, -0.2) is 15.6 Å². The van der Waals surface area contributed by atoms with Crippen molar-refractivity contribution < 1.29 is 0 Å². The Bertz CT molecular complexity index is 561. The monoisotopic (exact) mass is 415 g/mol. The predicted octanol–water partition coefficient (Wildman–Crippen LogP) is 5.42. The lowest BCUT2D eigenvalue weighted by molar-refractivity contribution is 0.506. The van der Waals surface area contributed by atoms with Gasteiger partial charge in [0.15, 0.2) is 0 Å². The highest BCUT2D eigenvalue weighted by atomic mass is 79.9. The number of alkyl halides is 2. The van der Waals surface area contributed by atoms with E-state index in [1.807, 2.05) is 5.51 Å². The lowest BCUT2D eigenvalue weighted by Crippen LogP contribution is -2.31. The van der Waals surface area contributed by atoms with Gasteiger partial charge in [0.05, 0.1) is 11.2 Å². The molecule has 0 atom stereocenters. The number of hydrogen-bond acceptors (Lipinski definition) is 2. The minimum atomic E-state index is 0.141. The Morgan fingerprint density at radius 2 is 1.95 bits per heavy atom. The Morgan fingerprint density at radius 1 is 1.20 bits per heavy atom. The molecule has 1 heterocycles. The molecule has 0 radical (unpaired) electrons. The lowest BCUT2D eigenvalue weighted by Gasteiger charge is -2.31. The van der Waals surface area contributed by atoms with Crippen molar-refractivity contribution in [1.29, 1.82) is 0 Å². The van der Waals surface area contributed by atoms with Crippen molar-refractivity contribution in [2.24, 2.45) is 0 Å². The number of aromatic nitrogens is 1. The molecule has 20 heavy (non-hydrogen) atoms. The minimum absolute atomic E-state index is 0.141. The second-order valence-corrected chi connectivity index (χ2v) is 7.34. The number of thiazole rings is 1. The first kappa shape index (κ1) is 16.2. The van der Waals surface area contributed by atoms with Crippen molar-refractivity contribution in [3.05, 3.63) is 51.5 Å². The SMILES string of the molecule is Cc1cccc(C(CBr)(CBr)CCc2scnc2C)c1. The highest BCUT2D eigenvalue weighted by Gasteiger charge is 2.30. The molecule has 0 N–H and O–H groups in total. The summed E-state index contributed by atoms with van der Waals surface area (Å²) in [6.45, 7) is 4.26. The maximum atomic E-state index is 4.35. The van der Waals surface area contributed by atoms with Crippen molar-refractivity contribution in [2.75, 3.05) is 10.7 Å². The second kappa shape index (κ2) is 7.19. The van der Waals surface area contributed by atoms with Gasteiger partial charge >= 0.3 is 0 Å². The first-order chi connectivity index (χ1) is 9.61. The van der Waals surface area contributed by atoms with Crippen LogP contribution in [0.1, 0.15) is 28.1 Å². The van der Waals surface area contributed by atoms with Gasteiger partial charge in [0.2, 0.25) is 0 Å². The molecular weight excluding hydrogens is 398 g/mol. The molecule has 2 aromatic rings. The molecule has 0 aliphatic carbocycles. The molecule has 108 valence electrons. The third kappa shape index (κ3) is 3.52. The Kier molecular flexibility index (Phi) is 5.82. The van der Waals surface area contributed by atoms with E-state index in [9.17, 15) is 0 Å². The van der Waals surface area contributed by atoms with Crippen molar-refractivity contribution in [2.45, 2.75) is 32.1 Å². The zero-order chi connectivity index (χ0) is 14.6. The fourth-order valence-corrected chi connectivity index (χ4v) is 5.28. The summed E-state index contributed by atoms with van der Waals surface area (Å²) in [5.74, 6) is 0. The lowest BCUT2D eigenvalue weighted by atomic mass is 9.79. The average Bonchev–Trinajstić information content (AvgIpc) is 2.86. The Labute approximate surface area is 142 Å². The molecule has 0 saturated carbocycles. The van der Waals surface area contributed by atoms with Gasteiger partial charge in [-0.2, -0.15) is 0 Å². The maximum absolute atomic E-state index is 4.35. The van der Waals surface area contributed by atoms with E-state index in [0.29, 0.717) is 0 Å². The molecule has 1 aromatic carbocycles. The first-order valence-electron chi connectivity index (χ1n) is 6.69. The van der Waals surface area contributed by atoms with Crippen LogP contribution in [-0.2, 0) is 11.8 Å². The highest BCUT2D eigenvalue weighted by Crippen LogP contribution is 2.35. The van der Waals surface area contributed by atoms with Gasteiger partial charge in [-0.25, -0.2) is 4.98 Å². The molecule has 0 amide bonds. The molecule has 1 nitrogen and oxygen atoms in total. The molecule has 0 aliphatic heterocycles. The molecule has 0 fully saturated rings. The average molecular weight is 417 g/mol. The normalized spacial score (nSPS) is 11.8. The second-order valence-electron chi connectivity index (χ2n) is 5.28. The molecule has 1 aromatic heterocycles. The summed E-state index contributed by atoms with van der Waals surface area (Å²) < 4.78 is 0. The van der Waals surface area contributed by atoms with Crippen LogP contribution < -0.4 is 0 Å². The Hall–Kier alpha value is -0.190. The van der Waals surface area contributed by atoms with Crippen LogP contribution in [0.25, 0.3) is 0 Å². The first-order valence-corrected chi connectivity index (χ1v) is 9.81. The number of halogens is 2. The van der Waals surface area contributed by atoms with Gasteiger partial charge in [0.1, 0.15) is 0 Å². The number of hydrogen-bond donors (Lipinski definition) is 0. The fraction of sp³-hybridized carbons (Fsp3) is 0.438. The van der Waals surface area contributed by atoms with Crippen LogP contribution in [0.4, 0.5) is 0 Å². The molecule has 2 rings (SSSR count). The topological polar surface area (TPSA) is 12.9 Å². The Morgan fingerprint density at radius 3 is 2.50 bits per heavy atom. The van der Waals surface area contributed by atoms with Crippen molar-refractivity contribution in [3.8, 4) is 0 Å². The number of rotatable bonds is 6. The molecule has 0 unspecified atom stereocenters. The molecule has 0 saturated heterocycles. The van der Waals surface area contributed by atoms with Crippen LogP contribution in [0.3, 0.4) is 0 Å². The van der Waals surface area contributed by atoms with Gasteiger partial charge in [-0.1, -0.05) is 61.7 Å². The molecule has 0 spiro atoms. The summed E-state index contributed by atoms with van der Waals surface area (Å²) in [5.41, 5.74) is 6.00.